The first kappa shape index (κ1) is 23.7. The highest BCUT2D eigenvalue weighted by atomic mass is 16.7. The van der Waals surface area contributed by atoms with Crippen molar-refractivity contribution in [1.29, 1.82) is 0 Å². The lowest BCUT2D eigenvalue weighted by Gasteiger charge is -2.24. The topological polar surface area (TPSA) is 122 Å². The molecule has 1 N–H and O–H groups in total. The van der Waals surface area contributed by atoms with Crippen molar-refractivity contribution in [3.05, 3.63) is 60.2 Å². The van der Waals surface area contributed by atoms with Gasteiger partial charge in [-0.3, -0.25) is 0 Å². The summed E-state index contributed by atoms with van der Waals surface area (Å²) in [7, 11) is 0. The molecule has 0 unspecified atom stereocenters. The van der Waals surface area contributed by atoms with Crippen molar-refractivity contribution in [3.8, 4) is 0 Å². The largest absolute Gasteiger partial charge is 0.458 e. The molecule has 0 saturated carbocycles. The first-order valence-corrected chi connectivity index (χ1v) is 10.4. The Balaban J connectivity index is 1.59. The molecule has 0 aliphatic heterocycles. The summed E-state index contributed by atoms with van der Waals surface area (Å²) in [6, 6.07) is 15.0. The summed E-state index contributed by atoms with van der Waals surface area (Å²) in [6.07, 6.45) is -1.04. The van der Waals surface area contributed by atoms with Crippen LogP contribution in [0.5, 0.6) is 0 Å². The predicted molar refractivity (Wildman–Crippen MR) is 118 cm³/mol. The van der Waals surface area contributed by atoms with Gasteiger partial charge in [0, 0.05) is 0 Å². The summed E-state index contributed by atoms with van der Waals surface area (Å²) in [6.45, 7) is 5.16. The molecule has 10 heteroatoms. The SMILES string of the molecule is CC(C)(C)OC(=O)[C@H](CCC(=O)On1nnc2ccccc21)NC(=O)OCc1ccccc1. The molecule has 10 nitrogen and oxygen atoms in total. The van der Waals surface area contributed by atoms with Gasteiger partial charge in [0.2, 0.25) is 0 Å². The maximum Gasteiger partial charge on any atom is 0.408 e. The van der Waals surface area contributed by atoms with Gasteiger partial charge in [0.25, 0.3) is 0 Å². The molecule has 0 radical (unpaired) electrons. The summed E-state index contributed by atoms with van der Waals surface area (Å²) in [4.78, 5) is 43.5. The lowest BCUT2D eigenvalue weighted by atomic mass is 10.1. The van der Waals surface area contributed by atoms with Gasteiger partial charge in [-0.2, -0.15) is 0 Å². The number of hydrogen-bond donors (Lipinski definition) is 1. The minimum Gasteiger partial charge on any atom is -0.458 e. The lowest BCUT2D eigenvalue weighted by molar-refractivity contribution is -0.157. The summed E-state index contributed by atoms with van der Waals surface area (Å²) in [5.41, 5.74) is 1.12. The number of carbonyl (C=O) groups is 3. The van der Waals surface area contributed by atoms with Crippen molar-refractivity contribution >= 4 is 29.1 Å². The van der Waals surface area contributed by atoms with Crippen LogP contribution >= 0.6 is 0 Å². The summed E-state index contributed by atoms with van der Waals surface area (Å²) < 4.78 is 10.6. The van der Waals surface area contributed by atoms with E-state index >= 15 is 0 Å². The number of para-hydroxylation sites is 1. The molecule has 3 rings (SSSR count). The van der Waals surface area contributed by atoms with E-state index in [1.165, 1.54) is 0 Å². The van der Waals surface area contributed by atoms with E-state index in [1.54, 1.807) is 45.0 Å². The van der Waals surface area contributed by atoms with Crippen LogP contribution in [0.25, 0.3) is 11.0 Å². The van der Waals surface area contributed by atoms with Gasteiger partial charge in [0.05, 0.1) is 6.42 Å². The first-order chi connectivity index (χ1) is 15.7. The van der Waals surface area contributed by atoms with Gasteiger partial charge >= 0.3 is 18.0 Å². The van der Waals surface area contributed by atoms with E-state index in [9.17, 15) is 14.4 Å². The van der Waals surface area contributed by atoms with Gasteiger partial charge in [-0.15, -0.1) is 5.10 Å². The molecule has 0 bridgehead atoms. The number of fused-ring (bicyclic) bond motifs is 1. The van der Waals surface area contributed by atoms with Crippen LogP contribution in [0.2, 0.25) is 0 Å². The highest BCUT2D eigenvalue weighted by molar-refractivity contribution is 5.82. The van der Waals surface area contributed by atoms with Crippen LogP contribution in [0.4, 0.5) is 4.79 Å². The molecule has 174 valence electrons. The van der Waals surface area contributed by atoms with Gasteiger partial charge < -0.3 is 19.6 Å². The Morgan fingerprint density at radius 1 is 1.03 bits per heavy atom. The molecule has 1 aromatic heterocycles. The minimum absolute atomic E-state index is 0.0368. The zero-order valence-corrected chi connectivity index (χ0v) is 18.7. The average molecular weight is 454 g/mol. The summed E-state index contributed by atoms with van der Waals surface area (Å²) in [5.74, 6) is -1.34. The molecule has 2 aromatic carbocycles. The third kappa shape index (κ3) is 7.30. The monoisotopic (exact) mass is 454 g/mol. The number of aromatic nitrogens is 3. The van der Waals surface area contributed by atoms with Gasteiger partial charge in [-0.05, 0) is 50.1 Å². The van der Waals surface area contributed by atoms with E-state index in [0.717, 1.165) is 10.4 Å². The Morgan fingerprint density at radius 3 is 2.45 bits per heavy atom. The molecule has 1 amide bonds. The van der Waals surface area contributed by atoms with Gasteiger partial charge in [0.15, 0.2) is 0 Å². The molecule has 1 atom stereocenters. The van der Waals surface area contributed by atoms with Gasteiger partial charge in [-0.1, -0.05) is 47.3 Å². The smallest absolute Gasteiger partial charge is 0.408 e. The normalized spacial score (nSPS) is 12.1. The first-order valence-electron chi connectivity index (χ1n) is 10.4. The van der Waals surface area contributed by atoms with E-state index in [-0.39, 0.29) is 19.4 Å². The van der Waals surface area contributed by atoms with Gasteiger partial charge in [0.1, 0.15) is 29.3 Å². The van der Waals surface area contributed by atoms with Crippen LogP contribution in [0.1, 0.15) is 39.2 Å². The fraction of sp³-hybridized carbons (Fsp3) is 0.348. The third-order valence-corrected chi connectivity index (χ3v) is 4.34. The highest BCUT2D eigenvalue weighted by Crippen LogP contribution is 2.12. The van der Waals surface area contributed by atoms with Crippen LogP contribution in [0, 0.1) is 0 Å². The second-order valence-corrected chi connectivity index (χ2v) is 8.25. The second kappa shape index (κ2) is 10.6. The highest BCUT2D eigenvalue weighted by Gasteiger charge is 2.28. The molecular formula is C23H26N4O6. The van der Waals surface area contributed by atoms with Crippen LogP contribution in [-0.4, -0.2) is 44.8 Å². The van der Waals surface area contributed by atoms with E-state index in [1.807, 2.05) is 30.3 Å². The minimum atomic E-state index is -1.10. The molecule has 33 heavy (non-hydrogen) atoms. The molecule has 0 aliphatic carbocycles. The molecule has 1 heterocycles. The number of rotatable bonds is 8. The summed E-state index contributed by atoms with van der Waals surface area (Å²) >= 11 is 0. The van der Waals surface area contributed by atoms with Crippen LogP contribution < -0.4 is 10.2 Å². The maximum atomic E-state index is 12.6. The zero-order valence-electron chi connectivity index (χ0n) is 18.7. The zero-order chi connectivity index (χ0) is 23.8. The average Bonchev–Trinajstić information content (AvgIpc) is 3.17. The van der Waals surface area contributed by atoms with Crippen molar-refractivity contribution in [2.24, 2.45) is 0 Å². The van der Waals surface area contributed by atoms with E-state index in [4.69, 9.17) is 14.3 Å². The molecule has 0 saturated heterocycles. The lowest BCUT2D eigenvalue weighted by Crippen LogP contribution is -2.44. The van der Waals surface area contributed by atoms with E-state index in [0.29, 0.717) is 11.0 Å². The predicted octanol–water partition coefficient (Wildman–Crippen LogP) is 2.80. The fourth-order valence-electron chi connectivity index (χ4n) is 2.85. The number of nitrogens with one attached hydrogen (secondary N) is 1. The summed E-state index contributed by atoms with van der Waals surface area (Å²) in [5, 5.41) is 10.2. The number of hydrogen-bond acceptors (Lipinski definition) is 8. The number of alkyl carbamates (subject to hydrolysis) is 1. The van der Waals surface area contributed by atoms with Crippen molar-refractivity contribution in [3.63, 3.8) is 0 Å². The number of benzene rings is 2. The van der Waals surface area contributed by atoms with Crippen molar-refractivity contribution in [2.75, 3.05) is 0 Å². The maximum absolute atomic E-state index is 12.6. The fourth-order valence-corrected chi connectivity index (χ4v) is 2.85. The number of carbonyl (C=O) groups excluding carboxylic acids is 3. The Labute approximate surface area is 190 Å². The second-order valence-electron chi connectivity index (χ2n) is 8.25. The van der Waals surface area contributed by atoms with Crippen LogP contribution in [0.15, 0.2) is 54.6 Å². The van der Waals surface area contributed by atoms with Crippen molar-refractivity contribution in [1.82, 2.24) is 20.5 Å². The number of nitrogens with zero attached hydrogens (tertiary/aromatic N) is 3. The molecule has 0 fully saturated rings. The quantitative estimate of drug-likeness (QED) is 0.407. The van der Waals surface area contributed by atoms with Crippen molar-refractivity contribution < 1.29 is 28.7 Å². The molecular weight excluding hydrogens is 428 g/mol. The molecule has 3 aromatic rings. The Morgan fingerprint density at radius 2 is 1.73 bits per heavy atom. The Hall–Kier alpha value is -3.95. The van der Waals surface area contributed by atoms with E-state index in [2.05, 4.69) is 15.6 Å². The standard InChI is InChI=1S/C23H26N4O6/c1-23(2,3)32-21(29)18(24-22(30)31-15-16-9-5-4-6-10-16)13-14-20(28)33-27-19-12-8-7-11-17(19)25-26-27/h4-12,18H,13-15H2,1-3H3,(H,24,30)/t18-/m0/s1. The molecule has 0 spiro atoms. The van der Waals surface area contributed by atoms with Gasteiger partial charge in [-0.25, -0.2) is 14.4 Å². The number of esters is 1. The van der Waals surface area contributed by atoms with Crippen LogP contribution in [-0.2, 0) is 25.7 Å². The Kier molecular flexibility index (Phi) is 7.60. The Bertz CT molecular complexity index is 1110. The third-order valence-electron chi connectivity index (χ3n) is 4.34. The molecule has 0 aliphatic rings. The van der Waals surface area contributed by atoms with E-state index < -0.39 is 29.7 Å². The van der Waals surface area contributed by atoms with Crippen LogP contribution in [0.3, 0.4) is 0 Å². The number of amides is 1. The van der Waals surface area contributed by atoms with Crippen molar-refractivity contribution in [2.45, 2.75) is 51.9 Å². The number of ether oxygens (including phenoxy) is 2.